The maximum Gasteiger partial charge on any atom is 0.416 e. The largest absolute Gasteiger partial charge is 0.480 e. The van der Waals surface area contributed by atoms with Crippen LogP contribution in [0.4, 0.5) is 32.0 Å². The Kier molecular flexibility index (Phi) is 20.7. The molecule has 0 aliphatic heterocycles. The van der Waals surface area contributed by atoms with Crippen LogP contribution in [-0.4, -0.2) is 95.2 Å². The number of alkyl halides is 6. The number of carbonyl (C=O) groups is 4. The first-order chi connectivity index (χ1) is 30.4. The van der Waals surface area contributed by atoms with Gasteiger partial charge in [-0.15, -0.1) is 16.7 Å². The fourth-order valence-corrected chi connectivity index (χ4v) is 6.23. The van der Waals surface area contributed by atoms with Crippen LogP contribution in [0.25, 0.3) is 5.69 Å². The highest BCUT2D eigenvalue weighted by atomic mass is 35.5. The van der Waals surface area contributed by atoms with Gasteiger partial charge in [0.15, 0.2) is 19.3 Å². The number of ether oxygens (including phenoxy) is 3. The van der Waals surface area contributed by atoms with Crippen molar-refractivity contribution in [2.24, 2.45) is 5.73 Å². The van der Waals surface area contributed by atoms with Crippen molar-refractivity contribution in [1.29, 1.82) is 0 Å². The molecule has 29 heteroatoms. The number of carbonyl (C=O) groups excluding carboxylic acids is 2. The van der Waals surface area contributed by atoms with Crippen LogP contribution in [0.3, 0.4) is 0 Å². The number of carboxylic acids is 2. The molecule has 19 nitrogen and oxygen atoms in total. The number of carboxylic acid groups (broad SMARTS) is 2. The van der Waals surface area contributed by atoms with E-state index in [9.17, 15) is 65.0 Å². The lowest BCUT2D eigenvalue weighted by molar-refractivity contribution is -0.385. The number of nitro groups is 1. The minimum absolute atomic E-state index is 0.0398. The second kappa shape index (κ2) is 24.2. The molecule has 0 bridgehead atoms. The molecular formula is C37H37Cl3F6N5O14P. The van der Waals surface area contributed by atoms with E-state index in [1.165, 1.54) is 13.6 Å². The molecular weight excluding hydrogens is 990 g/mol. The summed E-state index contributed by atoms with van der Waals surface area (Å²) in [6, 6.07) is 6.23. The highest BCUT2D eigenvalue weighted by Crippen LogP contribution is 2.38. The molecule has 0 radical (unpaired) electrons. The molecule has 5 N–H and O–H groups in total. The van der Waals surface area contributed by atoms with Gasteiger partial charge < -0.3 is 35.1 Å². The predicted molar refractivity (Wildman–Crippen MR) is 222 cm³/mol. The molecule has 1 heterocycles. The molecule has 0 saturated carbocycles. The Morgan fingerprint density at radius 2 is 1.65 bits per heavy atom. The monoisotopic (exact) mass is 1030 g/mol. The van der Waals surface area contributed by atoms with Crippen LogP contribution in [0, 0.1) is 22.9 Å². The summed E-state index contributed by atoms with van der Waals surface area (Å²) in [6.07, 6.45) is -6.20. The zero-order valence-corrected chi connectivity index (χ0v) is 37.5. The average Bonchev–Trinajstić information content (AvgIpc) is 3.50. The van der Waals surface area contributed by atoms with Crippen LogP contribution in [0.2, 0.25) is 10.0 Å². The van der Waals surface area contributed by atoms with Gasteiger partial charge in [0, 0.05) is 36.4 Å². The summed E-state index contributed by atoms with van der Waals surface area (Å²) >= 11 is 17.3. The molecule has 362 valence electrons. The standard InChI is InChI=1S/C19H15ClF3NO7.C13H10Cl2F3N3O3.C5H12NO4P/c1-3-29-17(25)10(2)30-18(26)13-9-12(5-6-15(13)24(27)28)31-16-7-4-11(8-14(16)20)19(21,22)23;1-5-19-21(13(24)20(5)12(17)18)10-3-6(2-8(15)11(22)23)7(14)4-9(10)16;1-11(9,10)3-2-4(6)5(7)8/h4-10H,3H2,1-2H3;3-4,8,12H,2H2,1H3,(H,22,23);4H,2-3,6H2,1H3,(H,7,8)(H,9,10). The fourth-order valence-electron chi connectivity index (χ4n) is 4.86. The number of hydrogen-bond donors (Lipinski definition) is 4. The molecule has 4 rings (SSSR count). The van der Waals surface area contributed by atoms with E-state index in [4.69, 9.17) is 69.9 Å². The summed E-state index contributed by atoms with van der Waals surface area (Å²) in [5, 5.41) is 30.1. The van der Waals surface area contributed by atoms with Crippen LogP contribution in [-0.2, 0) is 41.0 Å². The van der Waals surface area contributed by atoms with E-state index in [0.717, 1.165) is 49.4 Å². The Morgan fingerprint density at radius 1 is 1.03 bits per heavy atom. The summed E-state index contributed by atoms with van der Waals surface area (Å²) in [5.41, 5.74) is 1.38. The molecule has 4 unspecified atom stereocenters. The lowest BCUT2D eigenvalue weighted by atomic mass is 10.1. The van der Waals surface area contributed by atoms with E-state index in [2.05, 4.69) is 5.10 Å². The summed E-state index contributed by atoms with van der Waals surface area (Å²) in [4.78, 5) is 76.0. The number of esters is 2. The third kappa shape index (κ3) is 16.6. The quantitative estimate of drug-likeness (QED) is 0.0210. The van der Waals surface area contributed by atoms with Gasteiger partial charge in [-0.25, -0.2) is 23.3 Å². The van der Waals surface area contributed by atoms with E-state index in [1.807, 2.05) is 0 Å². The lowest BCUT2D eigenvalue weighted by Crippen LogP contribution is -2.30. The van der Waals surface area contributed by atoms with Crippen molar-refractivity contribution < 1.29 is 84.3 Å². The van der Waals surface area contributed by atoms with Crippen LogP contribution >= 0.6 is 42.2 Å². The van der Waals surface area contributed by atoms with Crippen molar-refractivity contribution in [3.63, 3.8) is 0 Å². The fraction of sp³-hybridized carbons (Fsp3) is 0.351. The third-order valence-corrected chi connectivity index (χ3v) is 10.2. The number of rotatable bonds is 16. The molecule has 4 atom stereocenters. The van der Waals surface area contributed by atoms with Crippen molar-refractivity contribution in [1.82, 2.24) is 14.3 Å². The highest BCUT2D eigenvalue weighted by molar-refractivity contribution is 7.57. The van der Waals surface area contributed by atoms with Gasteiger partial charge in [-0.1, -0.05) is 23.2 Å². The van der Waals surface area contributed by atoms with Gasteiger partial charge in [0.25, 0.3) is 5.69 Å². The molecule has 0 aliphatic rings. The minimum atomic E-state index is -4.61. The van der Waals surface area contributed by atoms with Crippen LogP contribution < -0.4 is 16.2 Å². The minimum Gasteiger partial charge on any atom is -0.480 e. The number of nitrogens with zero attached hydrogens (tertiary/aromatic N) is 4. The number of nitrogens with two attached hydrogens (primary N) is 1. The molecule has 4 aromatic rings. The van der Waals surface area contributed by atoms with E-state index < -0.39 is 100 Å². The molecule has 0 saturated heterocycles. The Balaban J connectivity index is 0.000000378. The number of aliphatic carboxylic acids is 2. The molecule has 0 spiro atoms. The Morgan fingerprint density at radius 3 is 2.14 bits per heavy atom. The summed E-state index contributed by atoms with van der Waals surface area (Å²) < 4.78 is 104. The molecule has 1 aromatic heterocycles. The topological polar surface area (TPSA) is 283 Å². The van der Waals surface area contributed by atoms with E-state index in [0.29, 0.717) is 10.7 Å². The van der Waals surface area contributed by atoms with Gasteiger partial charge in [0.1, 0.15) is 40.0 Å². The molecule has 0 amide bonds. The maximum atomic E-state index is 14.1. The highest BCUT2D eigenvalue weighted by Gasteiger charge is 2.32. The smallest absolute Gasteiger partial charge is 0.416 e. The average molecular weight is 1030 g/mol. The van der Waals surface area contributed by atoms with Crippen LogP contribution in [0.1, 0.15) is 54.1 Å². The molecule has 0 fully saturated rings. The van der Waals surface area contributed by atoms with Crippen molar-refractivity contribution in [3.8, 4) is 17.2 Å². The van der Waals surface area contributed by atoms with E-state index >= 15 is 0 Å². The molecule has 0 aliphatic carbocycles. The zero-order valence-electron chi connectivity index (χ0n) is 34.3. The van der Waals surface area contributed by atoms with Crippen LogP contribution in [0.5, 0.6) is 11.5 Å². The van der Waals surface area contributed by atoms with Gasteiger partial charge in [-0.2, -0.15) is 26.6 Å². The second-order valence-corrected chi connectivity index (χ2v) is 17.2. The molecule has 66 heavy (non-hydrogen) atoms. The van der Waals surface area contributed by atoms with Crippen LogP contribution in [0.15, 0.2) is 53.3 Å². The SMILES string of the molecule is CCOC(=O)C(C)OC(=O)c1cc(Oc2ccc(C(F)(F)F)cc2Cl)ccc1[N+](=O)[O-].CP(=O)(O)CCC(N)C(=O)O.Cc1nn(-c2cc(CC(Cl)C(=O)O)c(Cl)cc2F)c(=O)n1C(F)F. The Hall–Kier alpha value is -5.72. The Labute approximate surface area is 383 Å². The lowest BCUT2D eigenvalue weighted by Gasteiger charge is -2.13. The third-order valence-electron chi connectivity index (χ3n) is 8.13. The first-order valence-corrected chi connectivity index (χ1v) is 21.7. The van der Waals surface area contributed by atoms with E-state index in [1.54, 1.807) is 6.92 Å². The van der Waals surface area contributed by atoms with Crippen molar-refractivity contribution in [2.45, 2.75) is 63.9 Å². The van der Waals surface area contributed by atoms with E-state index in [-0.39, 0.29) is 63.1 Å². The predicted octanol–water partition coefficient (Wildman–Crippen LogP) is 7.62. The summed E-state index contributed by atoms with van der Waals surface area (Å²) in [6.45, 7) is 2.02. The number of aromatic nitrogens is 3. The van der Waals surface area contributed by atoms with Gasteiger partial charge in [0.2, 0.25) is 0 Å². The first-order valence-electron chi connectivity index (χ1n) is 18.2. The number of hydrogen-bond acceptors (Lipinski definition) is 13. The summed E-state index contributed by atoms with van der Waals surface area (Å²) in [7, 11) is -3.10. The molecule has 3 aromatic carbocycles. The van der Waals surface area contributed by atoms with Crippen molar-refractivity contribution in [3.05, 3.63) is 108 Å². The first kappa shape index (κ1) is 56.4. The van der Waals surface area contributed by atoms with Gasteiger partial charge >= 0.3 is 42.3 Å². The van der Waals surface area contributed by atoms with Gasteiger partial charge in [-0.05, 0) is 69.2 Å². The number of benzene rings is 3. The second-order valence-electron chi connectivity index (χ2n) is 13.3. The van der Waals surface area contributed by atoms with Crippen molar-refractivity contribution in [2.75, 3.05) is 19.4 Å². The van der Waals surface area contributed by atoms with Gasteiger partial charge in [-0.3, -0.25) is 24.3 Å². The maximum absolute atomic E-state index is 14.1. The normalized spacial score (nSPS) is 13.4. The number of aryl methyl sites for hydroxylation is 1. The number of halogens is 9. The van der Waals surface area contributed by atoms with Crippen molar-refractivity contribution >= 4 is 71.7 Å². The zero-order chi connectivity index (χ0) is 50.6. The Bertz CT molecular complexity index is 2540. The summed E-state index contributed by atoms with van der Waals surface area (Å²) in [5.74, 6) is -6.10. The van der Waals surface area contributed by atoms with Gasteiger partial charge in [0.05, 0.1) is 22.1 Å². The number of nitro benzene ring substituents is 1.